The summed E-state index contributed by atoms with van der Waals surface area (Å²) < 4.78 is 1.66. The molecule has 4 rings (SSSR count). The van der Waals surface area contributed by atoms with Gasteiger partial charge >= 0.3 is 76.2 Å². The third-order valence-electron chi connectivity index (χ3n) is 4.42. The Balaban J connectivity index is 0.000000444. The van der Waals surface area contributed by atoms with Crippen LogP contribution >= 0.6 is 0 Å². The maximum atomic E-state index is 2.99. The zero-order valence-electron chi connectivity index (χ0n) is 18.5. The Bertz CT molecular complexity index is 860. The van der Waals surface area contributed by atoms with Gasteiger partial charge in [-0.25, -0.2) is 12.2 Å². The fourth-order valence-corrected chi connectivity index (χ4v) is 4.59. The van der Waals surface area contributed by atoms with Crippen molar-refractivity contribution in [1.29, 1.82) is 0 Å². The molecule has 0 spiro atoms. The predicted octanol–water partition coefficient (Wildman–Crippen LogP) is 1.82. The van der Waals surface area contributed by atoms with Gasteiger partial charge in [0, 0.05) is 0 Å². The Labute approximate surface area is 206 Å². The topological polar surface area (TPSA) is 0 Å². The molecule has 1 aliphatic carbocycles. The normalized spacial score (nSPS) is 11.5. The molecule has 0 nitrogen and oxygen atoms in total. The van der Waals surface area contributed by atoms with E-state index >= 15 is 0 Å². The summed E-state index contributed by atoms with van der Waals surface area (Å²) in [6, 6.07) is 19.3. The standard InChI is InChI=1S/C13H9.C9H18.C5H5.2ClH.Ti/c1-3-7-12-10(5-1)9-11-6-2-4-8-13(11)12;1-8(2)6-5-7-9(3)4;1-2-4-5-3-1;;;/h1-9H;8-9H,6-7H2,1-4H3;1-3H,4H2;2*1H;/q-1;;-1;;;+2/p-2. The summed E-state index contributed by atoms with van der Waals surface area (Å²) in [7, 11) is 0. The first-order chi connectivity index (χ1) is 13.5. The SMILES string of the molecule is CC(C)C[C](=[Ti+2])CC(C)C.[C-]1=CC=CC1.[Cl-].[Cl-].c1ccc2c(c1)[cH-]c1ccccc12. The van der Waals surface area contributed by atoms with Crippen molar-refractivity contribution in [2.24, 2.45) is 11.8 Å². The van der Waals surface area contributed by atoms with E-state index in [2.05, 4.69) is 114 Å². The first-order valence-electron chi connectivity index (χ1n) is 10.3. The molecule has 0 fully saturated rings. The van der Waals surface area contributed by atoms with Crippen LogP contribution in [0.15, 0.2) is 72.8 Å². The van der Waals surface area contributed by atoms with E-state index < -0.39 is 0 Å². The van der Waals surface area contributed by atoms with Crippen LogP contribution in [0.2, 0.25) is 0 Å². The van der Waals surface area contributed by atoms with E-state index in [1.54, 1.807) is 3.81 Å². The minimum Gasteiger partial charge on any atom is -1.00 e. The van der Waals surface area contributed by atoms with Crippen molar-refractivity contribution in [2.45, 2.75) is 47.0 Å². The van der Waals surface area contributed by atoms with E-state index in [1.807, 2.05) is 12.2 Å². The van der Waals surface area contributed by atoms with Crippen LogP contribution in [0, 0.1) is 17.9 Å². The van der Waals surface area contributed by atoms with Gasteiger partial charge in [-0.05, 0) is 0 Å². The van der Waals surface area contributed by atoms with E-state index in [4.69, 9.17) is 0 Å². The molecule has 0 unspecified atom stereocenters. The number of hydrogen-bond acceptors (Lipinski definition) is 0. The Morgan fingerprint density at radius 3 is 1.67 bits per heavy atom. The molecular weight excluding hydrogens is 443 g/mol. The molecule has 0 atom stereocenters. The number of halogens is 2. The monoisotopic (exact) mass is 474 g/mol. The predicted molar refractivity (Wildman–Crippen MR) is 123 cm³/mol. The molecule has 0 saturated carbocycles. The largest absolute Gasteiger partial charge is 1.00 e. The Morgan fingerprint density at radius 2 is 1.33 bits per heavy atom. The smallest absolute Gasteiger partial charge is 0.0771 e. The van der Waals surface area contributed by atoms with Crippen LogP contribution in [0.3, 0.4) is 0 Å². The first kappa shape index (κ1) is 29.0. The molecule has 0 aromatic heterocycles. The zero-order valence-corrected chi connectivity index (χ0v) is 21.5. The summed E-state index contributed by atoms with van der Waals surface area (Å²) in [6.45, 7) is 9.13. The molecule has 0 heterocycles. The molecular formula is C27H32Cl2Ti-2. The van der Waals surface area contributed by atoms with Crippen molar-refractivity contribution in [2.75, 3.05) is 0 Å². The summed E-state index contributed by atoms with van der Waals surface area (Å²) in [4.78, 5) is 0. The molecule has 1 aliphatic rings. The second-order valence-electron chi connectivity index (χ2n) is 8.12. The van der Waals surface area contributed by atoms with Gasteiger partial charge in [0.25, 0.3) is 0 Å². The van der Waals surface area contributed by atoms with Crippen LogP contribution in [0.4, 0.5) is 0 Å². The molecule has 0 amide bonds. The van der Waals surface area contributed by atoms with Crippen LogP contribution in [0.5, 0.6) is 0 Å². The Morgan fingerprint density at radius 1 is 0.867 bits per heavy atom. The minimum atomic E-state index is 0. The van der Waals surface area contributed by atoms with Gasteiger partial charge in [-0.15, -0.1) is 46.2 Å². The molecule has 3 aromatic rings. The second-order valence-corrected chi connectivity index (χ2v) is 9.23. The van der Waals surface area contributed by atoms with Gasteiger partial charge in [0.15, 0.2) is 0 Å². The van der Waals surface area contributed by atoms with E-state index in [0.29, 0.717) is 0 Å². The second kappa shape index (κ2) is 15.7. The molecule has 3 aromatic carbocycles. The molecule has 0 N–H and O–H groups in total. The third-order valence-corrected chi connectivity index (χ3v) is 5.06. The van der Waals surface area contributed by atoms with E-state index in [0.717, 1.165) is 18.3 Å². The van der Waals surface area contributed by atoms with E-state index in [1.165, 1.54) is 34.4 Å². The fourth-order valence-electron chi connectivity index (χ4n) is 3.31. The van der Waals surface area contributed by atoms with Gasteiger partial charge in [0.2, 0.25) is 0 Å². The van der Waals surface area contributed by atoms with Crippen molar-refractivity contribution in [1.82, 2.24) is 0 Å². The molecule has 30 heavy (non-hydrogen) atoms. The van der Waals surface area contributed by atoms with Gasteiger partial charge in [0.1, 0.15) is 0 Å². The van der Waals surface area contributed by atoms with Crippen LogP contribution in [0.25, 0.3) is 21.5 Å². The average molecular weight is 475 g/mol. The van der Waals surface area contributed by atoms with Gasteiger partial charge in [-0.2, -0.15) is 6.08 Å². The quantitative estimate of drug-likeness (QED) is 0.399. The van der Waals surface area contributed by atoms with Gasteiger partial charge in [-0.3, -0.25) is 6.08 Å². The molecule has 0 bridgehead atoms. The summed E-state index contributed by atoms with van der Waals surface area (Å²) in [5, 5.41) is 5.39. The van der Waals surface area contributed by atoms with E-state index in [-0.39, 0.29) is 24.8 Å². The van der Waals surface area contributed by atoms with Crippen molar-refractivity contribution < 1.29 is 44.8 Å². The van der Waals surface area contributed by atoms with Crippen molar-refractivity contribution in [3.63, 3.8) is 0 Å². The summed E-state index contributed by atoms with van der Waals surface area (Å²) in [5.74, 6) is 1.66. The van der Waals surface area contributed by atoms with Crippen LogP contribution in [-0.2, 0) is 20.0 Å². The van der Waals surface area contributed by atoms with Crippen LogP contribution in [-0.4, -0.2) is 3.81 Å². The van der Waals surface area contributed by atoms with Crippen LogP contribution < -0.4 is 24.8 Å². The van der Waals surface area contributed by atoms with Gasteiger partial charge < -0.3 is 24.8 Å². The Hall–Kier alpha value is -1.05. The van der Waals surface area contributed by atoms with Gasteiger partial charge in [0.05, 0.1) is 0 Å². The third kappa shape index (κ3) is 10.3. The minimum absolute atomic E-state index is 0. The average Bonchev–Trinajstić information content (AvgIpc) is 3.32. The summed E-state index contributed by atoms with van der Waals surface area (Å²) in [5.41, 5.74) is 0. The van der Waals surface area contributed by atoms with Crippen molar-refractivity contribution in [3.05, 3.63) is 78.9 Å². The van der Waals surface area contributed by atoms with Crippen molar-refractivity contribution >= 4 is 25.4 Å². The summed E-state index contributed by atoms with van der Waals surface area (Å²) in [6.07, 6.45) is 12.6. The molecule has 160 valence electrons. The molecule has 0 radical (unpaired) electrons. The first-order valence-corrected chi connectivity index (χ1v) is 11.1. The molecule has 0 saturated heterocycles. The molecule has 0 aliphatic heterocycles. The number of fused-ring (bicyclic) bond motifs is 3. The Kier molecular flexibility index (Phi) is 15.2. The number of allylic oxidation sites excluding steroid dienone is 4. The molecule has 3 heteroatoms. The fraction of sp³-hybridized carbons (Fsp3) is 0.333. The number of hydrogen-bond donors (Lipinski definition) is 0. The number of benzene rings is 2. The maximum absolute atomic E-state index is 2.99. The summed E-state index contributed by atoms with van der Waals surface area (Å²) >= 11 is 2.28. The zero-order chi connectivity index (χ0) is 20.4. The van der Waals surface area contributed by atoms with Crippen molar-refractivity contribution in [3.8, 4) is 0 Å². The van der Waals surface area contributed by atoms with Crippen LogP contribution in [0.1, 0.15) is 47.0 Å². The maximum Gasteiger partial charge on any atom is -0.0771 e. The number of rotatable bonds is 4. The van der Waals surface area contributed by atoms with Gasteiger partial charge in [-0.1, -0.05) is 36.4 Å². The van der Waals surface area contributed by atoms with E-state index in [9.17, 15) is 0 Å².